The van der Waals surface area contributed by atoms with Gasteiger partial charge in [-0.15, -0.1) is 0 Å². The molecule has 0 saturated heterocycles. The monoisotopic (exact) mass is 294 g/mol. The van der Waals surface area contributed by atoms with E-state index in [9.17, 15) is 8.90 Å². The SMILES string of the molecule is CC(=O)OC1CC(c2ccccc2)CC([Si](C)(C)F)C1. The van der Waals surface area contributed by atoms with Crippen molar-refractivity contribution < 1.29 is 13.6 Å². The van der Waals surface area contributed by atoms with E-state index in [0.717, 1.165) is 12.8 Å². The Morgan fingerprint density at radius 3 is 2.40 bits per heavy atom. The molecule has 4 heteroatoms. The number of halogens is 1. The Kier molecular flexibility index (Phi) is 4.63. The van der Waals surface area contributed by atoms with Crippen LogP contribution in [-0.4, -0.2) is 20.5 Å². The first kappa shape index (κ1) is 15.2. The number of rotatable bonds is 3. The molecule has 0 heterocycles. The zero-order chi connectivity index (χ0) is 14.8. The first-order chi connectivity index (χ1) is 9.36. The van der Waals surface area contributed by atoms with Gasteiger partial charge in [0.25, 0.3) is 0 Å². The number of hydrogen-bond donors (Lipinski definition) is 0. The fourth-order valence-corrected chi connectivity index (χ4v) is 4.82. The Morgan fingerprint density at radius 2 is 1.85 bits per heavy atom. The van der Waals surface area contributed by atoms with Crippen LogP contribution in [0.4, 0.5) is 4.11 Å². The zero-order valence-electron chi connectivity index (χ0n) is 12.4. The summed E-state index contributed by atoms with van der Waals surface area (Å²) in [5.41, 5.74) is 1.29. The molecule has 0 bridgehead atoms. The molecule has 0 radical (unpaired) electrons. The van der Waals surface area contributed by atoms with Crippen molar-refractivity contribution in [3.63, 3.8) is 0 Å². The molecule has 1 aliphatic rings. The zero-order valence-corrected chi connectivity index (χ0v) is 13.4. The van der Waals surface area contributed by atoms with Crippen LogP contribution in [-0.2, 0) is 9.53 Å². The number of benzene rings is 1. The van der Waals surface area contributed by atoms with Crippen LogP contribution < -0.4 is 0 Å². The minimum absolute atomic E-state index is 0.0609. The van der Waals surface area contributed by atoms with Crippen molar-refractivity contribution in [3.8, 4) is 0 Å². The van der Waals surface area contributed by atoms with Gasteiger partial charge in [-0.05, 0) is 49.4 Å². The van der Waals surface area contributed by atoms with Crippen molar-refractivity contribution in [2.45, 2.75) is 56.8 Å². The van der Waals surface area contributed by atoms with E-state index in [1.807, 2.05) is 18.2 Å². The van der Waals surface area contributed by atoms with E-state index in [0.29, 0.717) is 12.3 Å². The van der Waals surface area contributed by atoms with Gasteiger partial charge in [0.15, 0.2) is 0 Å². The molecule has 1 aliphatic carbocycles. The van der Waals surface area contributed by atoms with Crippen LogP contribution in [0.2, 0.25) is 18.6 Å². The van der Waals surface area contributed by atoms with Gasteiger partial charge < -0.3 is 8.84 Å². The van der Waals surface area contributed by atoms with E-state index in [1.54, 1.807) is 13.1 Å². The van der Waals surface area contributed by atoms with Crippen LogP contribution in [0.25, 0.3) is 0 Å². The lowest BCUT2D eigenvalue weighted by molar-refractivity contribution is -0.148. The van der Waals surface area contributed by atoms with Gasteiger partial charge in [-0.3, -0.25) is 4.79 Å². The van der Waals surface area contributed by atoms with E-state index in [2.05, 4.69) is 12.1 Å². The van der Waals surface area contributed by atoms with Crippen LogP contribution in [0.1, 0.15) is 37.7 Å². The van der Waals surface area contributed by atoms with Crippen LogP contribution in [0.3, 0.4) is 0 Å². The molecule has 1 fully saturated rings. The molecule has 0 aromatic heterocycles. The summed E-state index contributed by atoms with van der Waals surface area (Å²) in [5, 5.41) is 0. The first-order valence-electron chi connectivity index (χ1n) is 7.27. The van der Waals surface area contributed by atoms with Gasteiger partial charge in [0.05, 0.1) is 0 Å². The predicted molar refractivity (Wildman–Crippen MR) is 80.9 cm³/mol. The second kappa shape index (κ2) is 6.08. The summed E-state index contributed by atoms with van der Waals surface area (Å²) in [6.07, 6.45) is 2.22. The van der Waals surface area contributed by atoms with Crippen LogP contribution in [0.15, 0.2) is 30.3 Å². The lowest BCUT2D eigenvalue weighted by Gasteiger charge is -2.38. The lowest BCUT2D eigenvalue weighted by atomic mass is 9.82. The molecule has 3 unspecified atom stereocenters. The molecule has 1 aromatic rings. The molecule has 2 rings (SSSR count). The molecule has 0 amide bonds. The van der Waals surface area contributed by atoms with E-state index < -0.39 is 8.41 Å². The summed E-state index contributed by atoms with van der Waals surface area (Å²) >= 11 is 0. The third-order valence-electron chi connectivity index (χ3n) is 4.24. The van der Waals surface area contributed by atoms with Gasteiger partial charge in [0.2, 0.25) is 8.41 Å². The van der Waals surface area contributed by atoms with Gasteiger partial charge >= 0.3 is 5.97 Å². The fourth-order valence-electron chi connectivity index (χ4n) is 3.16. The average molecular weight is 294 g/mol. The second-order valence-electron chi connectivity index (χ2n) is 6.31. The molecule has 20 heavy (non-hydrogen) atoms. The highest BCUT2D eigenvalue weighted by Crippen LogP contribution is 2.45. The third-order valence-corrected chi connectivity index (χ3v) is 6.65. The number of ether oxygens (including phenoxy) is 1. The van der Waals surface area contributed by atoms with E-state index in [1.165, 1.54) is 12.5 Å². The van der Waals surface area contributed by atoms with Crippen LogP contribution in [0.5, 0.6) is 0 Å². The summed E-state index contributed by atoms with van der Waals surface area (Å²) in [7, 11) is -2.72. The molecule has 1 saturated carbocycles. The number of esters is 1. The molecule has 110 valence electrons. The van der Waals surface area contributed by atoms with Crippen molar-refractivity contribution >= 4 is 14.4 Å². The van der Waals surface area contributed by atoms with Crippen molar-refractivity contribution in [3.05, 3.63) is 35.9 Å². The topological polar surface area (TPSA) is 26.3 Å². The third kappa shape index (κ3) is 3.92. The van der Waals surface area contributed by atoms with Gasteiger partial charge in [0, 0.05) is 6.92 Å². The van der Waals surface area contributed by atoms with Gasteiger partial charge in [0.1, 0.15) is 6.10 Å². The molecule has 3 atom stereocenters. The normalized spacial score (nSPS) is 27.1. The highest BCUT2D eigenvalue weighted by molar-refractivity contribution is 6.72. The van der Waals surface area contributed by atoms with Gasteiger partial charge in [-0.2, -0.15) is 0 Å². The largest absolute Gasteiger partial charge is 0.463 e. The van der Waals surface area contributed by atoms with E-state index in [4.69, 9.17) is 4.74 Å². The average Bonchev–Trinajstić information content (AvgIpc) is 2.37. The molecule has 0 N–H and O–H groups in total. The van der Waals surface area contributed by atoms with E-state index >= 15 is 0 Å². The smallest absolute Gasteiger partial charge is 0.302 e. The summed E-state index contributed by atoms with van der Waals surface area (Å²) < 4.78 is 19.9. The Balaban J connectivity index is 2.18. The first-order valence-corrected chi connectivity index (χ1v) is 10.2. The quantitative estimate of drug-likeness (QED) is 0.468. The molecule has 0 aliphatic heterocycles. The maximum atomic E-state index is 14.5. The Morgan fingerprint density at radius 1 is 1.20 bits per heavy atom. The fraction of sp³-hybridized carbons (Fsp3) is 0.562. The van der Waals surface area contributed by atoms with Gasteiger partial charge in [-0.25, -0.2) is 0 Å². The van der Waals surface area contributed by atoms with Gasteiger partial charge in [-0.1, -0.05) is 30.3 Å². The Bertz CT molecular complexity index is 455. The van der Waals surface area contributed by atoms with Crippen molar-refractivity contribution in [2.24, 2.45) is 0 Å². The minimum Gasteiger partial charge on any atom is -0.463 e. The van der Waals surface area contributed by atoms with E-state index in [-0.39, 0.29) is 17.6 Å². The molecule has 0 spiro atoms. The van der Waals surface area contributed by atoms with Crippen molar-refractivity contribution in [1.82, 2.24) is 0 Å². The predicted octanol–water partition coefficient (Wildman–Crippen LogP) is 4.43. The highest BCUT2D eigenvalue weighted by Gasteiger charge is 2.41. The van der Waals surface area contributed by atoms with Crippen LogP contribution in [0, 0.1) is 0 Å². The lowest BCUT2D eigenvalue weighted by Crippen LogP contribution is -2.36. The summed E-state index contributed by atoms with van der Waals surface area (Å²) in [4.78, 5) is 11.2. The van der Waals surface area contributed by atoms with Crippen molar-refractivity contribution in [1.29, 1.82) is 0 Å². The summed E-state index contributed by atoms with van der Waals surface area (Å²) in [6.45, 7) is 4.95. The molecule has 1 aromatic carbocycles. The molecule has 2 nitrogen and oxygen atoms in total. The Labute approximate surface area is 121 Å². The maximum absolute atomic E-state index is 14.5. The second-order valence-corrected chi connectivity index (χ2v) is 10.3. The number of hydrogen-bond acceptors (Lipinski definition) is 2. The molecular weight excluding hydrogens is 271 g/mol. The Hall–Kier alpha value is -1.16. The standard InChI is InChI=1S/C16H23FO2Si/c1-12(18)19-15-9-14(13-7-5-4-6-8-13)10-16(11-15)20(2,3)17/h4-8,14-16H,9-11H2,1-3H3. The van der Waals surface area contributed by atoms with Crippen LogP contribution >= 0.6 is 0 Å². The van der Waals surface area contributed by atoms with Crippen molar-refractivity contribution in [2.75, 3.05) is 0 Å². The minimum atomic E-state index is -2.72. The molecular formula is C16H23FO2Si. The summed E-state index contributed by atoms with van der Waals surface area (Å²) in [5.74, 6) is 0.0302. The maximum Gasteiger partial charge on any atom is 0.302 e. The highest BCUT2D eigenvalue weighted by atomic mass is 28.4. The number of carbonyl (C=O) groups excluding carboxylic acids is 1. The number of carbonyl (C=O) groups is 1. The summed E-state index contributed by atoms with van der Waals surface area (Å²) in [6, 6.07) is 10.2.